The van der Waals surface area contributed by atoms with Gasteiger partial charge in [0.1, 0.15) is 5.75 Å². The molecule has 0 heterocycles. The van der Waals surface area contributed by atoms with Crippen LogP contribution in [-0.4, -0.2) is 5.85 Å². The van der Waals surface area contributed by atoms with Crippen LogP contribution in [0.25, 0.3) is 0 Å². The van der Waals surface area contributed by atoms with E-state index in [1.54, 1.807) is 6.07 Å². The van der Waals surface area contributed by atoms with Gasteiger partial charge in [0.2, 0.25) is 5.85 Å². The predicted octanol–water partition coefficient (Wildman–Crippen LogP) is 3.72. The summed E-state index contributed by atoms with van der Waals surface area (Å²) in [7, 11) is 0. The number of alkyl halides is 1. The lowest BCUT2D eigenvalue weighted by molar-refractivity contribution is -0.0257. The van der Waals surface area contributed by atoms with E-state index in [9.17, 15) is 4.39 Å². The van der Waals surface area contributed by atoms with Crippen molar-refractivity contribution in [2.75, 3.05) is 0 Å². The van der Waals surface area contributed by atoms with E-state index in [4.69, 9.17) is 4.74 Å². The molecule has 0 bridgehead atoms. The molecule has 0 unspecified atom stereocenters. The van der Waals surface area contributed by atoms with Gasteiger partial charge in [0.25, 0.3) is 0 Å². The highest BCUT2D eigenvalue weighted by Crippen LogP contribution is 2.20. The van der Waals surface area contributed by atoms with Crippen LogP contribution in [0.3, 0.4) is 0 Å². The number of rotatable bonds is 4. The minimum Gasteiger partial charge on any atom is -0.459 e. The molecule has 0 aliphatic carbocycles. The third-order valence-corrected chi connectivity index (χ3v) is 1.80. The Labute approximate surface area is 84.9 Å². The normalized spacial score (nSPS) is 11.4. The maximum atomic E-state index is 13.2. The number of hydrogen-bond donors (Lipinski definition) is 0. The van der Waals surface area contributed by atoms with Gasteiger partial charge in [0.15, 0.2) is 0 Å². The molecule has 0 fully saturated rings. The highest BCUT2D eigenvalue weighted by Gasteiger charge is 2.16. The molecule has 0 amide bonds. The first kappa shape index (κ1) is 11.0. The SMILES string of the molecule is CCCc1cccc(OC(C)(C)F)c1. The van der Waals surface area contributed by atoms with Crippen molar-refractivity contribution in [1.82, 2.24) is 0 Å². The standard InChI is InChI=1S/C12H17FO/c1-4-6-10-7-5-8-11(9-10)14-12(2,3)13/h5,7-9H,4,6H2,1-3H3. The fourth-order valence-electron chi connectivity index (χ4n) is 1.33. The lowest BCUT2D eigenvalue weighted by Crippen LogP contribution is -2.21. The molecule has 0 aliphatic rings. The number of benzene rings is 1. The summed E-state index contributed by atoms with van der Waals surface area (Å²) >= 11 is 0. The van der Waals surface area contributed by atoms with Gasteiger partial charge in [-0.2, -0.15) is 4.39 Å². The summed E-state index contributed by atoms with van der Waals surface area (Å²) in [5.41, 5.74) is 1.19. The van der Waals surface area contributed by atoms with Gasteiger partial charge in [0, 0.05) is 13.8 Å². The number of halogens is 1. The van der Waals surface area contributed by atoms with Gasteiger partial charge >= 0.3 is 0 Å². The van der Waals surface area contributed by atoms with Crippen LogP contribution in [0.4, 0.5) is 4.39 Å². The van der Waals surface area contributed by atoms with E-state index in [-0.39, 0.29) is 0 Å². The monoisotopic (exact) mass is 196 g/mol. The highest BCUT2D eigenvalue weighted by molar-refractivity contribution is 5.28. The summed E-state index contributed by atoms with van der Waals surface area (Å²) in [5, 5.41) is 0. The Bertz CT molecular complexity index is 289. The number of aryl methyl sites for hydroxylation is 1. The van der Waals surface area contributed by atoms with E-state index in [1.165, 1.54) is 19.4 Å². The molecule has 0 saturated heterocycles. The summed E-state index contributed by atoms with van der Waals surface area (Å²) in [6.45, 7) is 4.92. The molecule has 1 aromatic carbocycles. The molecule has 1 aromatic rings. The van der Waals surface area contributed by atoms with Crippen molar-refractivity contribution in [3.05, 3.63) is 29.8 Å². The zero-order valence-electron chi connectivity index (χ0n) is 9.01. The summed E-state index contributed by atoms with van der Waals surface area (Å²) < 4.78 is 18.3. The van der Waals surface area contributed by atoms with Crippen LogP contribution in [0.1, 0.15) is 32.8 Å². The second-order valence-corrected chi connectivity index (χ2v) is 3.86. The van der Waals surface area contributed by atoms with E-state index in [0.29, 0.717) is 5.75 Å². The maximum Gasteiger partial charge on any atom is 0.242 e. The van der Waals surface area contributed by atoms with Crippen LogP contribution in [0, 0.1) is 0 Å². The second-order valence-electron chi connectivity index (χ2n) is 3.86. The van der Waals surface area contributed by atoms with Crippen LogP contribution in [0.15, 0.2) is 24.3 Å². The van der Waals surface area contributed by atoms with Gasteiger partial charge in [-0.05, 0) is 24.1 Å². The first-order valence-electron chi connectivity index (χ1n) is 4.98. The summed E-state index contributed by atoms with van der Waals surface area (Å²) in [4.78, 5) is 0. The first-order valence-corrected chi connectivity index (χ1v) is 4.98. The summed E-state index contributed by atoms with van der Waals surface area (Å²) in [5.74, 6) is -1.01. The van der Waals surface area contributed by atoms with Gasteiger partial charge in [-0.25, -0.2) is 0 Å². The molecule has 0 N–H and O–H groups in total. The Balaban J connectivity index is 2.73. The van der Waals surface area contributed by atoms with E-state index < -0.39 is 5.85 Å². The lowest BCUT2D eigenvalue weighted by Gasteiger charge is -2.17. The average molecular weight is 196 g/mol. The van der Waals surface area contributed by atoms with Crippen molar-refractivity contribution in [2.24, 2.45) is 0 Å². The zero-order chi connectivity index (χ0) is 10.6. The molecular weight excluding hydrogens is 179 g/mol. The Morgan fingerprint density at radius 3 is 2.64 bits per heavy atom. The molecule has 14 heavy (non-hydrogen) atoms. The fraction of sp³-hybridized carbons (Fsp3) is 0.500. The quantitative estimate of drug-likeness (QED) is 0.713. The predicted molar refractivity (Wildman–Crippen MR) is 56.3 cm³/mol. The molecule has 0 aliphatic heterocycles. The van der Waals surface area contributed by atoms with Crippen LogP contribution < -0.4 is 4.74 Å². The van der Waals surface area contributed by atoms with Crippen molar-refractivity contribution in [3.8, 4) is 5.75 Å². The van der Waals surface area contributed by atoms with Crippen molar-refractivity contribution in [2.45, 2.75) is 39.5 Å². The second kappa shape index (κ2) is 4.45. The molecule has 0 spiro atoms. The Kier molecular flexibility index (Phi) is 3.50. The van der Waals surface area contributed by atoms with Crippen LogP contribution in [0.5, 0.6) is 5.75 Å². The lowest BCUT2D eigenvalue weighted by atomic mass is 10.1. The van der Waals surface area contributed by atoms with E-state index in [2.05, 4.69) is 6.92 Å². The van der Waals surface area contributed by atoms with Crippen LogP contribution >= 0.6 is 0 Å². The van der Waals surface area contributed by atoms with Crippen molar-refractivity contribution in [3.63, 3.8) is 0 Å². The Morgan fingerprint density at radius 2 is 2.07 bits per heavy atom. The topological polar surface area (TPSA) is 9.23 Å². The number of ether oxygens (including phenoxy) is 1. The third kappa shape index (κ3) is 3.77. The molecule has 78 valence electrons. The number of hydrogen-bond acceptors (Lipinski definition) is 1. The van der Waals surface area contributed by atoms with E-state index in [1.807, 2.05) is 18.2 Å². The Hall–Kier alpha value is -1.05. The van der Waals surface area contributed by atoms with Gasteiger partial charge in [0.05, 0.1) is 0 Å². The maximum absolute atomic E-state index is 13.2. The van der Waals surface area contributed by atoms with Crippen molar-refractivity contribution < 1.29 is 9.13 Å². The smallest absolute Gasteiger partial charge is 0.242 e. The summed E-state index contributed by atoms with van der Waals surface area (Å²) in [6, 6.07) is 7.60. The molecule has 2 heteroatoms. The molecule has 0 atom stereocenters. The molecule has 1 rings (SSSR count). The van der Waals surface area contributed by atoms with Gasteiger partial charge in [-0.3, -0.25) is 0 Å². The van der Waals surface area contributed by atoms with Crippen LogP contribution in [0.2, 0.25) is 0 Å². The molecule has 0 saturated carbocycles. The van der Waals surface area contributed by atoms with E-state index >= 15 is 0 Å². The van der Waals surface area contributed by atoms with E-state index in [0.717, 1.165) is 12.8 Å². The summed E-state index contributed by atoms with van der Waals surface area (Å²) in [6.07, 6.45) is 2.09. The largest absolute Gasteiger partial charge is 0.459 e. The minimum atomic E-state index is -1.61. The molecule has 0 radical (unpaired) electrons. The van der Waals surface area contributed by atoms with Crippen molar-refractivity contribution >= 4 is 0 Å². The zero-order valence-corrected chi connectivity index (χ0v) is 9.01. The Morgan fingerprint density at radius 1 is 1.36 bits per heavy atom. The van der Waals surface area contributed by atoms with Gasteiger partial charge in [-0.1, -0.05) is 25.5 Å². The first-order chi connectivity index (χ1) is 6.51. The average Bonchev–Trinajstić information content (AvgIpc) is 2.02. The molecule has 1 nitrogen and oxygen atoms in total. The van der Waals surface area contributed by atoms with Gasteiger partial charge in [-0.15, -0.1) is 0 Å². The minimum absolute atomic E-state index is 0.600. The third-order valence-electron chi connectivity index (χ3n) is 1.80. The molecular formula is C12H17FO. The fourth-order valence-corrected chi connectivity index (χ4v) is 1.33. The highest BCUT2D eigenvalue weighted by atomic mass is 19.2. The molecule has 0 aromatic heterocycles. The van der Waals surface area contributed by atoms with Crippen LogP contribution in [-0.2, 0) is 6.42 Å². The van der Waals surface area contributed by atoms with Gasteiger partial charge < -0.3 is 4.74 Å². The van der Waals surface area contributed by atoms with Crippen molar-refractivity contribution in [1.29, 1.82) is 0 Å².